The van der Waals surface area contributed by atoms with Crippen LogP contribution in [0.2, 0.25) is 0 Å². The van der Waals surface area contributed by atoms with Crippen molar-refractivity contribution in [2.24, 2.45) is 0 Å². The first-order chi connectivity index (χ1) is 9.72. The highest BCUT2D eigenvalue weighted by atomic mass is 19.1. The quantitative estimate of drug-likeness (QED) is 0.915. The molecule has 0 aliphatic carbocycles. The fourth-order valence-corrected chi connectivity index (χ4v) is 1.90. The number of benzene rings is 2. The third-order valence-corrected chi connectivity index (χ3v) is 2.91. The molecule has 0 fully saturated rings. The van der Waals surface area contributed by atoms with Crippen LogP contribution < -0.4 is 14.8 Å². The number of para-hydroxylation sites is 2. The molecular formula is C15H12FNO3. The van der Waals surface area contributed by atoms with Crippen molar-refractivity contribution in [2.45, 2.75) is 6.10 Å². The van der Waals surface area contributed by atoms with Gasteiger partial charge in [0, 0.05) is 5.69 Å². The van der Waals surface area contributed by atoms with Gasteiger partial charge in [0.2, 0.25) is 6.10 Å². The lowest BCUT2D eigenvalue weighted by molar-refractivity contribution is -0.125. The van der Waals surface area contributed by atoms with E-state index in [4.69, 9.17) is 9.47 Å². The Kier molecular flexibility index (Phi) is 3.25. The highest BCUT2D eigenvalue weighted by molar-refractivity contribution is 5.94. The molecule has 1 aliphatic heterocycles. The third-order valence-electron chi connectivity index (χ3n) is 2.91. The molecule has 1 unspecified atom stereocenters. The average Bonchev–Trinajstić information content (AvgIpc) is 2.49. The van der Waals surface area contributed by atoms with Crippen LogP contribution in [-0.4, -0.2) is 18.6 Å². The topological polar surface area (TPSA) is 47.6 Å². The summed E-state index contributed by atoms with van der Waals surface area (Å²) in [5, 5.41) is 2.66. The van der Waals surface area contributed by atoms with E-state index in [9.17, 15) is 9.18 Å². The highest BCUT2D eigenvalue weighted by Crippen LogP contribution is 2.31. The molecule has 0 saturated carbocycles. The number of hydrogen-bond acceptors (Lipinski definition) is 3. The van der Waals surface area contributed by atoms with Crippen LogP contribution in [0.25, 0.3) is 0 Å². The van der Waals surface area contributed by atoms with Gasteiger partial charge in [-0.3, -0.25) is 4.79 Å². The van der Waals surface area contributed by atoms with Crippen molar-refractivity contribution in [3.05, 3.63) is 54.3 Å². The van der Waals surface area contributed by atoms with E-state index in [-0.39, 0.29) is 18.3 Å². The zero-order valence-corrected chi connectivity index (χ0v) is 10.5. The number of carbonyl (C=O) groups is 1. The normalized spacial score (nSPS) is 16.6. The summed E-state index contributed by atoms with van der Waals surface area (Å²) in [6.45, 7) is 0.143. The minimum atomic E-state index is -0.727. The summed E-state index contributed by atoms with van der Waals surface area (Å²) in [6.07, 6.45) is -0.727. The number of rotatable bonds is 2. The Morgan fingerprint density at radius 1 is 1.10 bits per heavy atom. The average molecular weight is 273 g/mol. The van der Waals surface area contributed by atoms with Crippen LogP contribution in [0.3, 0.4) is 0 Å². The van der Waals surface area contributed by atoms with Crippen LogP contribution in [0.15, 0.2) is 48.5 Å². The van der Waals surface area contributed by atoms with Crippen LogP contribution in [0.1, 0.15) is 0 Å². The zero-order chi connectivity index (χ0) is 13.9. The van der Waals surface area contributed by atoms with Gasteiger partial charge in [0.15, 0.2) is 11.5 Å². The van der Waals surface area contributed by atoms with Crippen molar-refractivity contribution in [1.82, 2.24) is 0 Å². The first-order valence-electron chi connectivity index (χ1n) is 6.17. The molecule has 4 nitrogen and oxygen atoms in total. The minimum absolute atomic E-state index is 0.143. The smallest absolute Gasteiger partial charge is 0.269 e. The standard InChI is InChI=1S/C15H12FNO3/c16-10-5-7-11(8-6-10)17-15(18)14-9-19-12-3-1-2-4-13(12)20-14/h1-8,14H,9H2,(H,17,18). The maximum Gasteiger partial charge on any atom is 0.269 e. The number of hydrogen-bond donors (Lipinski definition) is 1. The van der Waals surface area contributed by atoms with Gasteiger partial charge in [-0.15, -0.1) is 0 Å². The molecule has 2 aromatic carbocycles. The lowest BCUT2D eigenvalue weighted by Crippen LogP contribution is -2.40. The van der Waals surface area contributed by atoms with Crippen LogP contribution in [0.4, 0.5) is 10.1 Å². The molecule has 0 spiro atoms. The Morgan fingerprint density at radius 3 is 2.55 bits per heavy atom. The molecular weight excluding hydrogens is 261 g/mol. The van der Waals surface area contributed by atoms with Gasteiger partial charge in [-0.05, 0) is 36.4 Å². The molecule has 5 heteroatoms. The van der Waals surface area contributed by atoms with Gasteiger partial charge in [0.05, 0.1) is 0 Å². The molecule has 2 aromatic rings. The SMILES string of the molecule is O=C(Nc1ccc(F)cc1)C1COc2ccccc2O1. The van der Waals surface area contributed by atoms with Crippen molar-refractivity contribution < 1.29 is 18.7 Å². The van der Waals surface area contributed by atoms with Gasteiger partial charge in [0.1, 0.15) is 12.4 Å². The maximum absolute atomic E-state index is 12.8. The molecule has 0 aromatic heterocycles. The van der Waals surface area contributed by atoms with E-state index >= 15 is 0 Å². The molecule has 1 atom stereocenters. The molecule has 102 valence electrons. The number of nitrogens with one attached hydrogen (secondary N) is 1. The minimum Gasteiger partial charge on any atom is -0.485 e. The van der Waals surface area contributed by atoms with Crippen molar-refractivity contribution in [3.8, 4) is 11.5 Å². The second-order valence-electron chi connectivity index (χ2n) is 4.36. The van der Waals surface area contributed by atoms with Gasteiger partial charge in [-0.1, -0.05) is 12.1 Å². The van der Waals surface area contributed by atoms with Gasteiger partial charge in [0.25, 0.3) is 5.91 Å². The second-order valence-corrected chi connectivity index (χ2v) is 4.36. The fourth-order valence-electron chi connectivity index (χ4n) is 1.90. The third kappa shape index (κ3) is 2.56. The van der Waals surface area contributed by atoms with Crippen LogP contribution in [-0.2, 0) is 4.79 Å². The van der Waals surface area contributed by atoms with Crippen molar-refractivity contribution in [1.29, 1.82) is 0 Å². The summed E-state index contributed by atoms with van der Waals surface area (Å²) >= 11 is 0. The molecule has 1 N–H and O–H groups in total. The predicted molar refractivity (Wildman–Crippen MR) is 71.4 cm³/mol. The largest absolute Gasteiger partial charge is 0.485 e. The van der Waals surface area contributed by atoms with E-state index in [1.807, 2.05) is 12.1 Å². The number of amides is 1. The van der Waals surface area contributed by atoms with Gasteiger partial charge in [-0.25, -0.2) is 4.39 Å². The van der Waals surface area contributed by atoms with Crippen molar-refractivity contribution in [3.63, 3.8) is 0 Å². The Morgan fingerprint density at radius 2 is 1.80 bits per heavy atom. The number of fused-ring (bicyclic) bond motifs is 1. The van der Waals surface area contributed by atoms with E-state index in [1.165, 1.54) is 24.3 Å². The number of anilines is 1. The first kappa shape index (κ1) is 12.5. The Labute approximate surface area is 115 Å². The first-order valence-corrected chi connectivity index (χ1v) is 6.17. The van der Waals surface area contributed by atoms with Crippen molar-refractivity contribution in [2.75, 3.05) is 11.9 Å². The van der Waals surface area contributed by atoms with Crippen LogP contribution in [0.5, 0.6) is 11.5 Å². The predicted octanol–water partition coefficient (Wildman–Crippen LogP) is 2.60. The van der Waals surface area contributed by atoms with Crippen LogP contribution in [0, 0.1) is 5.82 Å². The summed E-state index contributed by atoms with van der Waals surface area (Å²) < 4.78 is 23.8. The van der Waals surface area contributed by atoms with Gasteiger partial charge < -0.3 is 14.8 Å². The van der Waals surface area contributed by atoms with E-state index < -0.39 is 6.10 Å². The molecule has 0 radical (unpaired) electrons. The van der Waals surface area contributed by atoms with Gasteiger partial charge >= 0.3 is 0 Å². The van der Waals surface area contributed by atoms with Crippen LogP contribution >= 0.6 is 0 Å². The molecule has 1 amide bonds. The molecule has 3 rings (SSSR count). The number of halogens is 1. The Hall–Kier alpha value is -2.56. The monoisotopic (exact) mass is 273 g/mol. The van der Waals surface area contributed by atoms with E-state index in [0.29, 0.717) is 17.2 Å². The molecule has 1 aliphatic rings. The Balaban J connectivity index is 1.68. The molecule has 20 heavy (non-hydrogen) atoms. The van der Waals surface area contributed by atoms with E-state index in [1.54, 1.807) is 12.1 Å². The molecule has 0 bridgehead atoms. The van der Waals surface area contributed by atoms with E-state index in [2.05, 4.69) is 5.32 Å². The van der Waals surface area contributed by atoms with Crippen molar-refractivity contribution >= 4 is 11.6 Å². The summed E-state index contributed by atoms with van der Waals surface area (Å²) in [6, 6.07) is 12.7. The molecule has 0 saturated heterocycles. The summed E-state index contributed by atoms with van der Waals surface area (Å²) in [7, 11) is 0. The highest BCUT2D eigenvalue weighted by Gasteiger charge is 2.27. The zero-order valence-electron chi connectivity index (χ0n) is 10.5. The summed E-state index contributed by atoms with van der Waals surface area (Å²) in [4.78, 5) is 12.1. The fraction of sp³-hybridized carbons (Fsp3) is 0.133. The number of ether oxygens (including phenoxy) is 2. The lowest BCUT2D eigenvalue weighted by Gasteiger charge is -2.25. The van der Waals surface area contributed by atoms with E-state index in [0.717, 1.165) is 0 Å². The second kappa shape index (κ2) is 5.21. The van der Waals surface area contributed by atoms with Gasteiger partial charge in [-0.2, -0.15) is 0 Å². The summed E-state index contributed by atoms with van der Waals surface area (Å²) in [5.41, 5.74) is 0.513. The summed E-state index contributed by atoms with van der Waals surface area (Å²) in [5.74, 6) is 0.483. The lowest BCUT2D eigenvalue weighted by atomic mass is 10.2. The number of carbonyl (C=O) groups excluding carboxylic acids is 1. The Bertz CT molecular complexity index is 627. The molecule has 1 heterocycles. The maximum atomic E-state index is 12.8.